The average molecular weight is 712 g/mol. The number of nitrogens with one attached hydrogen (secondary N) is 1. The van der Waals surface area contributed by atoms with Crippen LogP contribution in [0, 0.1) is 11.6 Å². The third kappa shape index (κ3) is 7.48. The van der Waals surface area contributed by atoms with Gasteiger partial charge < -0.3 is 19.9 Å². The van der Waals surface area contributed by atoms with E-state index >= 15 is 0 Å². The molecule has 0 unspecified atom stereocenters. The summed E-state index contributed by atoms with van der Waals surface area (Å²) in [5, 5.41) is 12.0. The Morgan fingerprint density at radius 1 is 0.854 bits per heavy atom. The van der Waals surface area contributed by atoms with Crippen molar-refractivity contribution < 1.29 is 28.2 Å². The fraction of sp³-hybridized carbons (Fsp3) is 0.179. The van der Waals surface area contributed by atoms with Gasteiger partial charge in [0.05, 0.1) is 6.61 Å². The molecule has 244 valence electrons. The van der Waals surface area contributed by atoms with Crippen molar-refractivity contribution in [1.82, 2.24) is 5.32 Å². The predicted molar refractivity (Wildman–Crippen MR) is 185 cm³/mol. The molecule has 5 aromatic carbocycles. The van der Waals surface area contributed by atoms with Gasteiger partial charge in [-0.25, -0.2) is 13.8 Å². The fourth-order valence-corrected chi connectivity index (χ4v) is 6.17. The van der Waals surface area contributed by atoms with Crippen LogP contribution in [0.15, 0.2) is 131 Å². The number of aliphatic hydroxyl groups excluding tert-OH is 1. The Morgan fingerprint density at radius 3 is 2.19 bits per heavy atom. The van der Waals surface area contributed by atoms with E-state index in [-0.39, 0.29) is 31.0 Å². The Labute approximate surface area is 286 Å². The lowest BCUT2D eigenvalue weighted by Crippen LogP contribution is -2.49. The second-order valence-electron chi connectivity index (χ2n) is 11.5. The number of aliphatic hydroxyl groups is 1. The van der Waals surface area contributed by atoms with E-state index < -0.39 is 29.2 Å². The number of aliphatic imine (C=N–C) groups is 1. The van der Waals surface area contributed by atoms with E-state index in [9.17, 15) is 13.6 Å². The first kappa shape index (κ1) is 33.1. The van der Waals surface area contributed by atoms with Gasteiger partial charge >= 0.3 is 0 Å². The Bertz CT molecular complexity index is 1880. The Morgan fingerprint density at radius 2 is 1.50 bits per heavy atom. The summed E-state index contributed by atoms with van der Waals surface area (Å²) < 4.78 is 41.2. The van der Waals surface area contributed by atoms with E-state index in [1.807, 2.05) is 91.0 Å². The van der Waals surface area contributed by atoms with Crippen molar-refractivity contribution in [2.45, 2.75) is 31.0 Å². The van der Waals surface area contributed by atoms with Crippen LogP contribution in [0.3, 0.4) is 0 Å². The van der Waals surface area contributed by atoms with Crippen LogP contribution >= 0.6 is 15.9 Å². The molecule has 1 heterocycles. The van der Waals surface area contributed by atoms with E-state index in [2.05, 4.69) is 21.2 Å². The summed E-state index contributed by atoms with van der Waals surface area (Å²) in [5.41, 5.74) is 3.03. The molecule has 0 aliphatic carbocycles. The molecule has 0 radical (unpaired) electrons. The molecule has 1 aliphatic rings. The van der Waals surface area contributed by atoms with Gasteiger partial charge in [0, 0.05) is 42.1 Å². The number of amides is 1. The van der Waals surface area contributed by atoms with Gasteiger partial charge in [-0.15, -0.1) is 0 Å². The zero-order chi connectivity index (χ0) is 33.5. The van der Waals surface area contributed by atoms with Crippen molar-refractivity contribution in [2.75, 3.05) is 13.2 Å². The molecule has 6 rings (SSSR count). The average Bonchev–Trinajstić information content (AvgIpc) is 3.49. The summed E-state index contributed by atoms with van der Waals surface area (Å²) in [6.45, 7) is 0.292. The molecule has 0 fully saturated rings. The number of carbonyl (C=O) groups excluding carboxylic acids is 1. The number of carbonyl (C=O) groups is 1. The van der Waals surface area contributed by atoms with Gasteiger partial charge in [0.25, 0.3) is 5.91 Å². The maximum absolute atomic E-state index is 14.5. The standard InChI is InChI=1S/C39H33BrF2N2O4/c40-35-10-5-4-9-31(35)24-39(38(46)43-25-26-21-32(41)23-33(42)22-26)36(29-13-11-28(12-14-29)27-7-2-1-3-8-27)48-37(44-39)30-15-17-34(18-16-30)47-20-6-19-45/h1-5,7-18,21-23,36,45H,6,19-20,24-25H2,(H,43,46)/t36-,39-/m1/s1. The van der Waals surface area contributed by atoms with E-state index in [0.29, 0.717) is 24.3 Å². The van der Waals surface area contributed by atoms with Gasteiger partial charge in [0.2, 0.25) is 5.90 Å². The van der Waals surface area contributed by atoms with Crippen molar-refractivity contribution in [3.8, 4) is 16.9 Å². The van der Waals surface area contributed by atoms with Crippen LogP contribution in [0.5, 0.6) is 5.75 Å². The van der Waals surface area contributed by atoms with Gasteiger partial charge in [-0.1, -0.05) is 88.7 Å². The lowest BCUT2D eigenvalue weighted by Gasteiger charge is -2.31. The topological polar surface area (TPSA) is 80.2 Å². The minimum Gasteiger partial charge on any atom is -0.494 e. The highest BCUT2D eigenvalue weighted by Gasteiger charge is 2.53. The molecule has 9 heteroatoms. The Balaban J connectivity index is 1.42. The van der Waals surface area contributed by atoms with Crippen molar-refractivity contribution in [2.24, 2.45) is 4.99 Å². The smallest absolute Gasteiger partial charge is 0.252 e. The Hall–Kier alpha value is -4.86. The molecule has 0 spiro atoms. The number of ether oxygens (including phenoxy) is 2. The summed E-state index contributed by atoms with van der Waals surface area (Å²) in [7, 11) is 0. The minimum atomic E-state index is -1.50. The molecule has 1 amide bonds. The molecule has 0 saturated heterocycles. The lowest BCUT2D eigenvalue weighted by molar-refractivity contribution is -0.129. The first-order valence-electron chi connectivity index (χ1n) is 15.6. The highest BCUT2D eigenvalue weighted by molar-refractivity contribution is 9.10. The molecule has 0 bridgehead atoms. The zero-order valence-corrected chi connectivity index (χ0v) is 27.5. The SMILES string of the molecule is O=C(NCc1cc(F)cc(F)c1)[C@]1(Cc2ccccc2Br)N=C(c2ccc(OCCCO)cc2)O[C@@H]1c1ccc(-c2ccccc2)cc1. The number of hydrogen-bond acceptors (Lipinski definition) is 5. The van der Waals surface area contributed by atoms with Crippen LogP contribution in [-0.4, -0.2) is 35.7 Å². The van der Waals surface area contributed by atoms with Gasteiger partial charge in [0.1, 0.15) is 17.4 Å². The van der Waals surface area contributed by atoms with Crippen LogP contribution in [0.25, 0.3) is 11.1 Å². The third-order valence-electron chi connectivity index (χ3n) is 8.14. The predicted octanol–water partition coefficient (Wildman–Crippen LogP) is 7.97. The summed E-state index contributed by atoms with van der Waals surface area (Å²) >= 11 is 3.64. The van der Waals surface area contributed by atoms with E-state index in [1.165, 1.54) is 12.1 Å². The van der Waals surface area contributed by atoms with Gasteiger partial charge in [-0.05, 0) is 70.3 Å². The minimum absolute atomic E-state index is 0.0340. The first-order valence-corrected chi connectivity index (χ1v) is 16.4. The monoisotopic (exact) mass is 710 g/mol. The zero-order valence-electron chi connectivity index (χ0n) is 25.9. The highest BCUT2D eigenvalue weighted by atomic mass is 79.9. The number of hydrogen-bond donors (Lipinski definition) is 2. The summed E-state index contributed by atoms with van der Waals surface area (Å²) in [4.78, 5) is 19.6. The molecule has 0 aromatic heterocycles. The quantitative estimate of drug-likeness (QED) is 0.129. The molecular formula is C39H33BrF2N2O4. The van der Waals surface area contributed by atoms with Gasteiger partial charge in [-0.2, -0.15) is 0 Å². The molecule has 1 aliphatic heterocycles. The number of halogens is 3. The van der Waals surface area contributed by atoms with Crippen LogP contribution in [0.4, 0.5) is 8.78 Å². The molecule has 5 aromatic rings. The molecule has 0 saturated carbocycles. The van der Waals surface area contributed by atoms with Crippen LogP contribution < -0.4 is 10.1 Å². The maximum Gasteiger partial charge on any atom is 0.252 e. The second kappa shape index (κ2) is 14.9. The highest BCUT2D eigenvalue weighted by Crippen LogP contribution is 2.44. The summed E-state index contributed by atoms with van der Waals surface area (Å²) in [6.07, 6.45) is -0.180. The van der Waals surface area contributed by atoms with E-state index in [0.717, 1.165) is 32.8 Å². The van der Waals surface area contributed by atoms with E-state index in [4.69, 9.17) is 19.6 Å². The third-order valence-corrected chi connectivity index (χ3v) is 8.92. The summed E-state index contributed by atoms with van der Waals surface area (Å²) in [6, 6.07) is 35.8. The van der Waals surface area contributed by atoms with Crippen molar-refractivity contribution in [3.63, 3.8) is 0 Å². The molecular weight excluding hydrogens is 678 g/mol. The fourth-order valence-electron chi connectivity index (χ4n) is 5.74. The van der Waals surface area contributed by atoms with E-state index in [1.54, 1.807) is 12.1 Å². The molecule has 48 heavy (non-hydrogen) atoms. The Kier molecular flexibility index (Phi) is 10.3. The number of rotatable bonds is 12. The normalized spacial score (nSPS) is 17.0. The van der Waals surface area contributed by atoms with Crippen molar-refractivity contribution in [3.05, 3.63) is 160 Å². The van der Waals surface area contributed by atoms with Crippen molar-refractivity contribution >= 4 is 27.7 Å². The maximum atomic E-state index is 14.5. The van der Waals surface area contributed by atoms with Gasteiger partial charge in [-0.3, -0.25) is 4.79 Å². The van der Waals surface area contributed by atoms with Crippen LogP contribution in [0.2, 0.25) is 0 Å². The van der Waals surface area contributed by atoms with Crippen LogP contribution in [0.1, 0.15) is 34.8 Å². The largest absolute Gasteiger partial charge is 0.494 e. The lowest BCUT2D eigenvalue weighted by atomic mass is 9.81. The second-order valence-corrected chi connectivity index (χ2v) is 12.4. The van der Waals surface area contributed by atoms with Gasteiger partial charge in [0.15, 0.2) is 11.6 Å². The molecule has 2 atom stereocenters. The number of benzene rings is 5. The number of nitrogens with zero attached hydrogens (tertiary/aromatic N) is 1. The molecule has 2 N–H and O–H groups in total. The summed E-state index contributed by atoms with van der Waals surface area (Å²) in [5.74, 6) is -1.02. The van der Waals surface area contributed by atoms with Crippen molar-refractivity contribution in [1.29, 1.82) is 0 Å². The first-order chi connectivity index (χ1) is 23.3. The molecule has 6 nitrogen and oxygen atoms in total. The van der Waals surface area contributed by atoms with Crippen LogP contribution in [-0.2, 0) is 22.5 Å².